The van der Waals surface area contributed by atoms with Crippen molar-refractivity contribution < 1.29 is 39.3 Å². The van der Waals surface area contributed by atoms with Crippen molar-refractivity contribution in [3.63, 3.8) is 0 Å². The first-order chi connectivity index (χ1) is 15.2. The summed E-state index contributed by atoms with van der Waals surface area (Å²) in [7, 11) is 0. The van der Waals surface area contributed by atoms with Crippen LogP contribution >= 0.6 is 0 Å². The molecule has 0 saturated heterocycles. The van der Waals surface area contributed by atoms with Crippen LogP contribution in [0.4, 0.5) is 0 Å². The van der Waals surface area contributed by atoms with E-state index in [9.17, 15) is 29.1 Å². The van der Waals surface area contributed by atoms with Crippen LogP contribution in [0.2, 0.25) is 0 Å². The molecule has 13 nitrogen and oxygen atoms in total. The van der Waals surface area contributed by atoms with E-state index in [-0.39, 0.29) is 6.42 Å². The molecule has 9 N–H and O–H groups in total. The molecule has 0 spiro atoms. The second-order valence-corrected chi connectivity index (χ2v) is 8.14. The lowest BCUT2D eigenvalue weighted by Gasteiger charge is -2.38. The molecule has 0 aliphatic carbocycles. The van der Waals surface area contributed by atoms with Gasteiger partial charge in [-0.1, -0.05) is 0 Å². The van der Waals surface area contributed by atoms with Gasteiger partial charge in [-0.3, -0.25) is 24.0 Å². The maximum atomic E-state index is 13.4. The van der Waals surface area contributed by atoms with Crippen LogP contribution in [-0.4, -0.2) is 92.7 Å². The first-order valence-electron chi connectivity index (χ1n) is 10.8. The van der Waals surface area contributed by atoms with Crippen molar-refractivity contribution in [1.29, 1.82) is 0 Å². The summed E-state index contributed by atoms with van der Waals surface area (Å²) < 4.78 is 0. The van der Waals surface area contributed by atoms with Crippen LogP contribution in [-0.2, 0) is 24.0 Å². The molecule has 0 aromatic heterocycles. The molecule has 0 radical (unpaired) electrons. The summed E-state index contributed by atoms with van der Waals surface area (Å²) in [5.74, 6) is -5.03. The van der Waals surface area contributed by atoms with Crippen molar-refractivity contribution >= 4 is 29.7 Å². The van der Waals surface area contributed by atoms with E-state index in [1.807, 2.05) is 0 Å². The Morgan fingerprint density at radius 1 is 0.939 bits per heavy atom. The van der Waals surface area contributed by atoms with Crippen molar-refractivity contribution in [1.82, 2.24) is 15.5 Å². The molecule has 0 heterocycles. The fourth-order valence-electron chi connectivity index (χ4n) is 3.11. The maximum absolute atomic E-state index is 13.4. The molecule has 0 fully saturated rings. The molecule has 3 amide bonds. The van der Waals surface area contributed by atoms with Crippen molar-refractivity contribution in [2.75, 3.05) is 6.54 Å². The lowest BCUT2D eigenvalue weighted by molar-refractivity contribution is -0.149. The average Bonchev–Trinajstić information content (AvgIpc) is 2.69. The number of carbonyl (C=O) groups excluding carboxylic acids is 3. The predicted molar refractivity (Wildman–Crippen MR) is 118 cm³/mol. The van der Waals surface area contributed by atoms with Gasteiger partial charge in [0.05, 0.1) is 18.6 Å². The summed E-state index contributed by atoms with van der Waals surface area (Å²) in [6.45, 7) is 6.13. The highest BCUT2D eigenvalue weighted by molar-refractivity contribution is 5.95. The van der Waals surface area contributed by atoms with Gasteiger partial charge in [0.15, 0.2) is 0 Å². The number of hydrogen-bond donors (Lipinski definition) is 7. The number of aliphatic hydroxyl groups is 1. The average molecular weight is 476 g/mol. The summed E-state index contributed by atoms with van der Waals surface area (Å²) in [5, 5.41) is 32.7. The van der Waals surface area contributed by atoms with E-state index in [1.54, 1.807) is 13.8 Å². The van der Waals surface area contributed by atoms with Crippen molar-refractivity contribution in [3.05, 3.63) is 0 Å². The number of carboxylic acids is 2. The Kier molecular flexibility index (Phi) is 13.2. The number of unbranched alkanes of at least 4 members (excludes halogenated alkanes) is 1. The van der Waals surface area contributed by atoms with Crippen molar-refractivity contribution in [3.8, 4) is 0 Å². The second-order valence-electron chi connectivity index (χ2n) is 8.14. The number of nitrogens with two attached hydrogens (primary N) is 2. The van der Waals surface area contributed by atoms with Gasteiger partial charge < -0.3 is 42.3 Å². The minimum atomic E-state index is -1.51. The zero-order valence-corrected chi connectivity index (χ0v) is 19.5. The van der Waals surface area contributed by atoms with Gasteiger partial charge in [0, 0.05) is 6.04 Å². The number of carboxylic acid groups (broad SMARTS) is 2. The number of hydrogen-bond acceptors (Lipinski definition) is 8. The summed E-state index contributed by atoms with van der Waals surface area (Å²) in [4.78, 5) is 61.7. The molecule has 0 rings (SSSR count). The molecule has 0 aliphatic rings. The minimum Gasteiger partial charge on any atom is -0.481 e. The van der Waals surface area contributed by atoms with Crippen LogP contribution in [0.3, 0.4) is 0 Å². The number of aliphatic hydroxyl groups excluding tert-OH is 1. The molecular weight excluding hydrogens is 438 g/mol. The van der Waals surface area contributed by atoms with Gasteiger partial charge in [0.25, 0.3) is 0 Å². The first-order valence-corrected chi connectivity index (χ1v) is 10.8. The summed E-state index contributed by atoms with van der Waals surface area (Å²) in [6, 6.07) is -5.85. The highest BCUT2D eigenvalue weighted by Gasteiger charge is 2.39. The van der Waals surface area contributed by atoms with Crippen LogP contribution in [0.15, 0.2) is 0 Å². The highest BCUT2D eigenvalue weighted by atomic mass is 16.4. The number of carbonyl (C=O) groups is 5. The molecule has 190 valence electrons. The molecule has 0 aromatic carbocycles. The fourth-order valence-corrected chi connectivity index (χ4v) is 3.11. The van der Waals surface area contributed by atoms with E-state index < -0.39 is 72.4 Å². The Labute approximate surface area is 192 Å². The number of nitrogens with one attached hydrogen (secondary N) is 2. The van der Waals surface area contributed by atoms with Crippen LogP contribution in [0.25, 0.3) is 0 Å². The Balaban J connectivity index is 5.94. The molecule has 0 aliphatic heterocycles. The smallest absolute Gasteiger partial charge is 0.325 e. The molecular formula is C20H37N5O8. The summed E-state index contributed by atoms with van der Waals surface area (Å²) in [6.07, 6.45) is -0.901. The molecule has 13 heteroatoms. The monoisotopic (exact) mass is 475 g/mol. The van der Waals surface area contributed by atoms with Crippen LogP contribution < -0.4 is 22.1 Å². The van der Waals surface area contributed by atoms with Crippen molar-refractivity contribution in [2.24, 2.45) is 11.5 Å². The Morgan fingerprint density at radius 2 is 1.52 bits per heavy atom. The number of rotatable bonds is 15. The van der Waals surface area contributed by atoms with Crippen LogP contribution in [0, 0.1) is 0 Å². The van der Waals surface area contributed by atoms with Gasteiger partial charge in [-0.25, -0.2) is 0 Å². The molecule has 33 heavy (non-hydrogen) atoms. The van der Waals surface area contributed by atoms with E-state index in [2.05, 4.69) is 10.6 Å². The standard InChI is InChI=1S/C20H37N5O8/c1-10(2)25(14(7-5-6-8-21)18(30)23-11(3)20(32)33)19(31)16(12(4)26)24-17(29)13(22)9-15(27)28/h10-14,16,26H,5-9,21-22H2,1-4H3,(H,23,30)(H,24,29)(H,27,28)(H,32,33)/t11-,12+,13-,14-,16-/m0/s1. The minimum absolute atomic E-state index is 0.165. The third-order valence-corrected chi connectivity index (χ3v) is 4.89. The Morgan fingerprint density at radius 3 is 1.94 bits per heavy atom. The van der Waals surface area contributed by atoms with Crippen LogP contribution in [0.5, 0.6) is 0 Å². The van der Waals surface area contributed by atoms with E-state index >= 15 is 0 Å². The number of nitrogens with zero attached hydrogens (tertiary/aromatic N) is 1. The Bertz CT molecular complexity index is 700. The quantitative estimate of drug-likeness (QED) is 0.129. The predicted octanol–water partition coefficient (Wildman–Crippen LogP) is -2.02. The molecule has 0 saturated carbocycles. The normalized spacial score (nSPS) is 15.6. The molecule has 5 atom stereocenters. The second kappa shape index (κ2) is 14.4. The zero-order chi connectivity index (χ0) is 25.9. The van der Waals surface area contributed by atoms with Gasteiger partial charge in [0.2, 0.25) is 17.7 Å². The summed E-state index contributed by atoms with van der Waals surface area (Å²) in [5.41, 5.74) is 11.1. The highest BCUT2D eigenvalue weighted by Crippen LogP contribution is 2.17. The van der Waals surface area contributed by atoms with Gasteiger partial charge >= 0.3 is 11.9 Å². The molecule has 0 aromatic rings. The van der Waals surface area contributed by atoms with E-state index in [4.69, 9.17) is 21.7 Å². The lowest BCUT2D eigenvalue weighted by Crippen LogP contribution is -2.62. The van der Waals surface area contributed by atoms with E-state index in [0.29, 0.717) is 19.4 Å². The third-order valence-electron chi connectivity index (χ3n) is 4.89. The van der Waals surface area contributed by atoms with E-state index in [1.165, 1.54) is 18.7 Å². The van der Waals surface area contributed by atoms with E-state index in [0.717, 1.165) is 0 Å². The van der Waals surface area contributed by atoms with Crippen molar-refractivity contribution in [2.45, 2.75) is 89.7 Å². The maximum Gasteiger partial charge on any atom is 0.325 e. The number of aliphatic carboxylic acids is 2. The third kappa shape index (κ3) is 10.1. The number of amides is 3. The Hall–Kier alpha value is -2.77. The van der Waals surface area contributed by atoms with Gasteiger partial charge in [-0.15, -0.1) is 0 Å². The molecule has 0 unspecified atom stereocenters. The van der Waals surface area contributed by atoms with Crippen LogP contribution in [0.1, 0.15) is 53.4 Å². The largest absolute Gasteiger partial charge is 0.481 e. The SMILES string of the molecule is CC(C)N(C(=O)[C@@H](NC(=O)[C@@H](N)CC(=O)O)[C@@H](C)O)[C@@H](CCCCN)C(=O)N[C@@H](C)C(=O)O. The first kappa shape index (κ1) is 30.2. The topological polar surface area (TPSA) is 225 Å². The fraction of sp³-hybridized carbons (Fsp3) is 0.750. The lowest BCUT2D eigenvalue weighted by atomic mass is 10.0. The zero-order valence-electron chi connectivity index (χ0n) is 19.5. The summed E-state index contributed by atoms with van der Waals surface area (Å²) >= 11 is 0. The molecule has 0 bridgehead atoms. The van der Waals surface area contributed by atoms with Gasteiger partial charge in [0.1, 0.15) is 18.1 Å². The van der Waals surface area contributed by atoms with Gasteiger partial charge in [-0.2, -0.15) is 0 Å². The van der Waals surface area contributed by atoms with Gasteiger partial charge in [-0.05, 0) is 53.5 Å².